The third kappa shape index (κ3) is 4.80. The van der Waals surface area contributed by atoms with E-state index in [0.29, 0.717) is 17.5 Å². The molecule has 1 N–H and O–H groups in total. The lowest BCUT2D eigenvalue weighted by Gasteiger charge is -2.35. The van der Waals surface area contributed by atoms with Crippen molar-refractivity contribution in [3.05, 3.63) is 75.6 Å². The van der Waals surface area contributed by atoms with Gasteiger partial charge in [-0.3, -0.25) is 14.5 Å². The van der Waals surface area contributed by atoms with Crippen molar-refractivity contribution in [1.82, 2.24) is 10.2 Å². The number of ether oxygens (including phenoxy) is 1. The highest BCUT2D eigenvalue weighted by Crippen LogP contribution is 2.26. The van der Waals surface area contributed by atoms with Crippen LogP contribution in [-0.2, 0) is 0 Å². The van der Waals surface area contributed by atoms with Crippen molar-refractivity contribution in [3.8, 4) is 5.75 Å². The van der Waals surface area contributed by atoms with Gasteiger partial charge in [-0.2, -0.15) is 0 Å². The summed E-state index contributed by atoms with van der Waals surface area (Å²) in [4.78, 5) is 27.7. The molecule has 0 aliphatic carbocycles. The fourth-order valence-corrected chi connectivity index (χ4v) is 4.17. The highest BCUT2D eigenvalue weighted by molar-refractivity contribution is 5.93. The first-order chi connectivity index (χ1) is 15.0. The molecule has 31 heavy (non-hydrogen) atoms. The molecule has 1 amide bonds. The van der Waals surface area contributed by atoms with Gasteiger partial charge in [-0.1, -0.05) is 30.2 Å². The third-order valence-corrected chi connectivity index (χ3v) is 5.89. The summed E-state index contributed by atoms with van der Waals surface area (Å²) in [6.07, 6.45) is 3.54. The SMILES string of the molecule is COc1ccc([C@@H](CNC(=O)c2cc(=O)c3cc(C)ccc3o2)N2CCCCC2)cc1. The number of hydrogen-bond donors (Lipinski definition) is 1. The van der Waals surface area contributed by atoms with Gasteiger partial charge in [0.2, 0.25) is 0 Å². The van der Waals surface area contributed by atoms with E-state index in [4.69, 9.17) is 9.15 Å². The van der Waals surface area contributed by atoms with E-state index in [1.54, 1.807) is 19.2 Å². The number of likely N-dealkylation sites (tertiary alicyclic amines) is 1. The summed E-state index contributed by atoms with van der Waals surface area (Å²) >= 11 is 0. The van der Waals surface area contributed by atoms with E-state index in [0.717, 1.165) is 42.8 Å². The fraction of sp³-hybridized carbons (Fsp3) is 0.360. The van der Waals surface area contributed by atoms with Crippen LogP contribution in [0.1, 0.15) is 47.0 Å². The summed E-state index contributed by atoms with van der Waals surface area (Å²) in [5, 5.41) is 3.47. The summed E-state index contributed by atoms with van der Waals surface area (Å²) < 4.78 is 11.0. The minimum atomic E-state index is -0.380. The first kappa shape index (κ1) is 21.1. The van der Waals surface area contributed by atoms with Gasteiger partial charge in [0, 0.05) is 12.6 Å². The molecule has 1 fully saturated rings. The molecule has 1 aromatic heterocycles. The van der Waals surface area contributed by atoms with Gasteiger partial charge in [0.05, 0.1) is 18.5 Å². The van der Waals surface area contributed by atoms with Gasteiger partial charge < -0.3 is 14.5 Å². The Bertz CT molecular complexity index is 1110. The van der Waals surface area contributed by atoms with E-state index < -0.39 is 0 Å². The Balaban J connectivity index is 1.54. The van der Waals surface area contributed by atoms with Crippen LogP contribution in [0.4, 0.5) is 0 Å². The lowest BCUT2D eigenvalue weighted by molar-refractivity contribution is 0.0897. The average Bonchev–Trinajstić information content (AvgIpc) is 2.80. The molecule has 1 aliphatic heterocycles. The van der Waals surface area contributed by atoms with Crippen LogP contribution in [0.5, 0.6) is 5.75 Å². The van der Waals surface area contributed by atoms with E-state index in [1.807, 2.05) is 37.3 Å². The second kappa shape index (κ2) is 9.35. The molecule has 2 heterocycles. The monoisotopic (exact) mass is 420 g/mol. The largest absolute Gasteiger partial charge is 0.497 e. The minimum absolute atomic E-state index is 0.0356. The van der Waals surface area contributed by atoms with Crippen LogP contribution >= 0.6 is 0 Å². The zero-order valence-electron chi connectivity index (χ0n) is 18.0. The Morgan fingerprint density at radius 3 is 2.55 bits per heavy atom. The highest BCUT2D eigenvalue weighted by Gasteiger charge is 2.24. The normalized spacial score (nSPS) is 15.5. The van der Waals surface area contributed by atoms with Crippen molar-refractivity contribution < 1.29 is 13.9 Å². The van der Waals surface area contributed by atoms with Crippen LogP contribution < -0.4 is 15.5 Å². The number of piperidine rings is 1. The molecule has 2 aromatic carbocycles. The molecule has 3 aromatic rings. The summed E-state index contributed by atoms with van der Waals surface area (Å²) in [6, 6.07) is 14.7. The number of carbonyl (C=O) groups is 1. The summed E-state index contributed by atoms with van der Waals surface area (Å²) in [5.41, 5.74) is 2.31. The average molecular weight is 421 g/mol. The van der Waals surface area contributed by atoms with Crippen molar-refractivity contribution in [2.75, 3.05) is 26.7 Å². The predicted molar refractivity (Wildman–Crippen MR) is 121 cm³/mol. The standard InChI is InChI=1S/C25H28N2O4/c1-17-6-11-23-20(14-17)22(28)15-24(31-23)25(29)26-16-21(27-12-4-3-5-13-27)18-7-9-19(30-2)10-8-18/h6-11,14-15,21H,3-5,12-13,16H2,1-2H3,(H,26,29)/t21-/m1/s1. The number of methoxy groups -OCH3 is 1. The number of hydrogen-bond acceptors (Lipinski definition) is 5. The molecule has 0 bridgehead atoms. The van der Waals surface area contributed by atoms with E-state index in [9.17, 15) is 9.59 Å². The Morgan fingerprint density at radius 1 is 1.10 bits per heavy atom. The summed E-state index contributed by atoms with van der Waals surface area (Å²) in [5.74, 6) is 0.460. The van der Waals surface area contributed by atoms with Crippen LogP contribution in [0.3, 0.4) is 0 Å². The Labute approximate surface area is 181 Å². The van der Waals surface area contributed by atoms with Crippen molar-refractivity contribution in [1.29, 1.82) is 0 Å². The van der Waals surface area contributed by atoms with E-state index in [-0.39, 0.29) is 23.1 Å². The van der Waals surface area contributed by atoms with Gasteiger partial charge in [-0.25, -0.2) is 0 Å². The predicted octanol–water partition coefficient (Wildman–Crippen LogP) is 4.07. The molecule has 1 aliphatic rings. The van der Waals surface area contributed by atoms with Crippen molar-refractivity contribution >= 4 is 16.9 Å². The molecule has 1 saturated heterocycles. The lowest BCUT2D eigenvalue weighted by atomic mass is 10.0. The van der Waals surface area contributed by atoms with Crippen LogP contribution in [0.15, 0.2) is 57.7 Å². The second-order valence-corrected chi connectivity index (χ2v) is 8.07. The van der Waals surface area contributed by atoms with Gasteiger partial charge in [0.15, 0.2) is 11.2 Å². The zero-order chi connectivity index (χ0) is 21.8. The Kier molecular flexibility index (Phi) is 6.37. The first-order valence-corrected chi connectivity index (χ1v) is 10.8. The molecule has 0 unspecified atom stereocenters. The molecule has 0 spiro atoms. The maximum Gasteiger partial charge on any atom is 0.287 e. The number of aryl methyl sites for hydroxylation is 1. The van der Waals surface area contributed by atoms with Gasteiger partial charge in [0.25, 0.3) is 5.91 Å². The maximum atomic E-state index is 12.8. The quantitative estimate of drug-likeness (QED) is 0.651. The van der Waals surface area contributed by atoms with E-state index in [2.05, 4.69) is 10.2 Å². The number of carbonyl (C=O) groups excluding carboxylic acids is 1. The smallest absolute Gasteiger partial charge is 0.287 e. The van der Waals surface area contributed by atoms with Crippen molar-refractivity contribution in [2.45, 2.75) is 32.2 Å². The van der Waals surface area contributed by atoms with E-state index >= 15 is 0 Å². The number of nitrogens with zero attached hydrogens (tertiary/aromatic N) is 1. The molecule has 4 rings (SSSR count). The molecule has 6 heteroatoms. The first-order valence-electron chi connectivity index (χ1n) is 10.8. The Morgan fingerprint density at radius 2 is 1.84 bits per heavy atom. The molecule has 0 saturated carbocycles. The lowest BCUT2D eigenvalue weighted by Crippen LogP contribution is -2.40. The van der Waals surface area contributed by atoms with Crippen LogP contribution in [-0.4, -0.2) is 37.6 Å². The molecular weight excluding hydrogens is 392 g/mol. The van der Waals surface area contributed by atoms with Gasteiger partial charge in [-0.05, 0) is 62.7 Å². The van der Waals surface area contributed by atoms with Crippen LogP contribution in [0.2, 0.25) is 0 Å². The number of benzene rings is 2. The molecule has 162 valence electrons. The van der Waals surface area contributed by atoms with Gasteiger partial charge >= 0.3 is 0 Å². The summed E-state index contributed by atoms with van der Waals surface area (Å²) in [6.45, 7) is 4.34. The van der Waals surface area contributed by atoms with Crippen LogP contribution in [0, 0.1) is 6.92 Å². The fourth-order valence-electron chi connectivity index (χ4n) is 4.17. The summed E-state index contributed by atoms with van der Waals surface area (Å²) in [7, 11) is 1.65. The zero-order valence-corrected chi connectivity index (χ0v) is 18.0. The molecule has 1 atom stereocenters. The second-order valence-electron chi connectivity index (χ2n) is 8.07. The van der Waals surface area contributed by atoms with Gasteiger partial charge in [0.1, 0.15) is 11.3 Å². The highest BCUT2D eigenvalue weighted by atomic mass is 16.5. The number of fused-ring (bicyclic) bond motifs is 1. The third-order valence-electron chi connectivity index (χ3n) is 5.89. The number of nitrogens with one attached hydrogen (secondary N) is 1. The van der Waals surface area contributed by atoms with Crippen molar-refractivity contribution in [3.63, 3.8) is 0 Å². The molecular formula is C25H28N2O4. The molecule has 6 nitrogen and oxygen atoms in total. The van der Waals surface area contributed by atoms with Crippen molar-refractivity contribution in [2.24, 2.45) is 0 Å². The van der Waals surface area contributed by atoms with E-state index in [1.165, 1.54) is 12.5 Å². The minimum Gasteiger partial charge on any atom is -0.497 e. The maximum absolute atomic E-state index is 12.8. The topological polar surface area (TPSA) is 71.8 Å². The Hall–Kier alpha value is -3.12. The number of amides is 1. The number of rotatable bonds is 6. The van der Waals surface area contributed by atoms with Gasteiger partial charge in [-0.15, -0.1) is 0 Å². The van der Waals surface area contributed by atoms with Crippen LogP contribution in [0.25, 0.3) is 11.0 Å². The molecule has 0 radical (unpaired) electrons.